The maximum atomic E-state index is 5.91. The Morgan fingerprint density at radius 1 is 1.24 bits per heavy atom. The Morgan fingerprint density at radius 3 is 2.81 bits per heavy atom. The summed E-state index contributed by atoms with van der Waals surface area (Å²) in [5.74, 6) is 1.58. The average Bonchev–Trinajstić information content (AvgIpc) is 3.02. The molecule has 0 aliphatic carbocycles. The van der Waals surface area contributed by atoms with Crippen LogP contribution in [0.2, 0.25) is 0 Å². The maximum Gasteiger partial charge on any atom is 0.160 e. The number of pyridine rings is 1. The lowest BCUT2D eigenvalue weighted by Gasteiger charge is -2.06. The van der Waals surface area contributed by atoms with Gasteiger partial charge in [-0.25, -0.2) is 15.0 Å². The van der Waals surface area contributed by atoms with Crippen LogP contribution in [0.3, 0.4) is 0 Å². The molecule has 0 bridgehead atoms. The highest BCUT2D eigenvalue weighted by molar-refractivity contribution is 7.09. The maximum absolute atomic E-state index is 5.91. The van der Waals surface area contributed by atoms with E-state index in [0.29, 0.717) is 5.88 Å². The van der Waals surface area contributed by atoms with Crippen LogP contribution in [0.15, 0.2) is 17.6 Å². The SMILES string of the molecule is Cc1csc(CCn2c(CCCl)nc3c(C)ccnc32)n1. The zero-order valence-electron chi connectivity index (χ0n) is 12.1. The summed E-state index contributed by atoms with van der Waals surface area (Å²) in [6.07, 6.45) is 3.50. The number of alkyl halides is 1. The molecule has 3 rings (SSSR count). The number of imidazole rings is 1. The van der Waals surface area contributed by atoms with Crippen LogP contribution in [0.5, 0.6) is 0 Å². The normalized spacial score (nSPS) is 11.4. The van der Waals surface area contributed by atoms with E-state index in [0.717, 1.165) is 52.6 Å². The zero-order valence-corrected chi connectivity index (χ0v) is 13.7. The summed E-state index contributed by atoms with van der Waals surface area (Å²) >= 11 is 7.62. The molecule has 0 aromatic carbocycles. The second-order valence-electron chi connectivity index (χ2n) is 5.05. The minimum Gasteiger partial charge on any atom is -0.312 e. The summed E-state index contributed by atoms with van der Waals surface area (Å²) < 4.78 is 2.18. The Morgan fingerprint density at radius 2 is 2.10 bits per heavy atom. The molecule has 0 unspecified atom stereocenters. The fraction of sp³-hybridized carbons (Fsp3) is 0.400. The molecule has 0 aliphatic rings. The Balaban J connectivity index is 1.95. The Labute approximate surface area is 132 Å². The van der Waals surface area contributed by atoms with Crippen LogP contribution in [0.1, 0.15) is 22.1 Å². The third-order valence-electron chi connectivity index (χ3n) is 3.45. The molecule has 6 heteroatoms. The molecule has 4 nitrogen and oxygen atoms in total. The van der Waals surface area contributed by atoms with Gasteiger partial charge in [0.15, 0.2) is 5.65 Å². The van der Waals surface area contributed by atoms with Gasteiger partial charge < -0.3 is 4.57 Å². The third-order valence-corrected chi connectivity index (χ3v) is 4.66. The molecule has 3 aromatic rings. The first-order valence-corrected chi connectivity index (χ1v) is 8.38. The van der Waals surface area contributed by atoms with Crippen LogP contribution < -0.4 is 0 Å². The lowest BCUT2D eigenvalue weighted by molar-refractivity contribution is 0.667. The molecule has 0 aliphatic heterocycles. The molecule has 0 spiro atoms. The van der Waals surface area contributed by atoms with Gasteiger partial charge >= 0.3 is 0 Å². The molecule has 3 aromatic heterocycles. The molecule has 0 saturated heterocycles. The monoisotopic (exact) mass is 320 g/mol. The lowest BCUT2D eigenvalue weighted by atomic mass is 10.3. The number of aryl methyl sites for hydroxylation is 5. The first-order valence-electron chi connectivity index (χ1n) is 6.96. The number of hydrogen-bond acceptors (Lipinski definition) is 4. The van der Waals surface area contributed by atoms with Gasteiger partial charge in [-0.2, -0.15) is 0 Å². The number of hydrogen-bond donors (Lipinski definition) is 0. The van der Waals surface area contributed by atoms with Crippen LogP contribution in [0.4, 0.5) is 0 Å². The smallest absolute Gasteiger partial charge is 0.160 e. The largest absolute Gasteiger partial charge is 0.312 e. The number of fused-ring (bicyclic) bond motifs is 1. The van der Waals surface area contributed by atoms with Gasteiger partial charge in [-0.3, -0.25) is 0 Å². The summed E-state index contributed by atoms with van der Waals surface area (Å²) in [6, 6.07) is 1.99. The molecule has 3 heterocycles. The molecule has 0 saturated carbocycles. The number of rotatable bonds is 5. The first-order chi connectivity index (χ1) is 10.2. The predicted molar refractivity (Wildman–Crippen MR) is 87.2 cm³/mol. The average molecular weight is 321 g/mol. The second-order valence-corrected chi connectivity index (χ2v) is 6.37. The van der Waals surface area contributed by atoms with E-state index in [1.54, 1.807) is 11.3 Å². The summed E-state index contributed by atoms with van der Waals surface area (Å²) in [6.45, 7) is 4.93. The van der Waals surface area contributed by atoms with Crippen molar-refractivity contribution in [2.24, 2.45) is 0 Å². The van der Waals surface area contributed by atoms with Gasteiger partial charge in [0, 0.05) is 42.5 Å². The Kier molecular flexibility index (Phi) is 4.22. The third kappa shape index (κ3) is 2.94. The molecule has 0 fully saturated rings. The highest BCUT2D eigenvalue weighted by Crippen LogP contribution is 2.19. The summed E-state index contributed by atoms with van der Waals surface area (Å²) in [4.78, 5) is 13.7. The number of aromatic nitrogens is 4. The van der Waals surface area contributed by atoms with E-state index in [4.69, 9.17) is 16.6 Å². The fourth-order valence-electron chi connectivity index (χ4n) is 2.42. The van der Waals surface area contributed by atoms with E-state index in [1.165, 1.54) is 0 Å². The van der Waals surface area contributed by atoms with E-state index in [-0.39, 0.29) is 0 Å². The highest BCUT2D eigenvalue weighted by Gasteiger charge is 2.13. The Hall–Kier alpha value is -1.46. The van der Waals surface area contributed by atoms with Crippen molar-refractivity contribution in [1.29, 1.82) is 0 Å². The molecule has 21 heavy (non-hydrogen) atoms. The van der Waals surface area contributed by atoms with E-state index in [2.05, 4.69) is 26.8 Å². The molecule has 0 atom stereocenters. The topological polar surface area (TPSA) is 43.6 Å². The lowest BCUT2D eigenvalue weighted by Crippen LogP contribution is -2.07. The van der Waals surface area contributed by atoms with Crippen LogP contribution in [0, 0.1) is 13.8 Å². The van der Waals surface area contributed by atoms with Crippen molar-refractivity contribution >= 4 is 34.1 Å². The minimum atomic E-state index is 0.568. The molecule has 0 N–H and O–H groups in total. The molecule has 0 amide bonds. The van der Waals surface area contributed by atoms with Crippen molar-refractivity contribution in [3.63, 3.8) is 0 Å². The van der Waals surface area contributed by atoms with Gasteiger partial charge in [0.05, 0.1) is 5.01 Å². The van der Waals surface area contributed by atoms with Crippen molar-refractivity contribution < 1.29 is 0 Å². The molecular weight excluding hydrogens is 304 g/mol. The van der Waals surface area contributed by atoms with Crippen molar-refractivity contribution in [3.8, 4) is 0 Å². The zero-order chi connectivity index (χ0) is 14.8. The fourth-order valence-corrected chi connectivity index (χ4v) is 3.35. The number of thiazole rings is 1. The van der Waals surface area contributed by atoms with E-state index >= 15 is 0 Å². The van der Waals surface area contributed by atoms with Gasteiger partial charge in [-0.1, -0.05) is 0 Å². The summed E-state index contributed by atoms with van der Waals surface area (Å²) in [7, 11) is 0. The predicted octanol–water partition coefficient (Wildman–Crippen LogP) is 3.53. The van der Waals surface area contributed by atoms with E-state index in [1.807, 2.05) is 19.2 Å². The van der Waals surface area contributed by atoms with Crippen molar-refractivity contribution in [3.05, 3.63) is 39.7 Å². The Bertz CT molecular complexity index is 762. The highest BCUT2D eigenvalue weighted by atomic mass is 35.5. The number of nitrogens with zero attached hydrogens (tertiary/aromatic N) is 4. The second kappa shape index (κ2) is 6.12. The van der Waals surface area contributed by atoms with E-state index in [9.17, 15) is 0 Å². The van der Waals surface area contributed by atoms with E-state index < -0.39 is 0 Å². The standard InChI is InChI=1S/C15H17ClN4S/c1-10-4-7-17-15-14(10)19-12(3-6-16)20(15)8-5-13-18-11(2)9-21-13/h4,7,9H,3,5-6,8H2,1-2H3. The molecule has 0 radical (unpaired) electrons. The van der Waals surface area contributed by atoms with Crippen molar-refractivity contribution in [2.45, 2.75) is 33.2 Å². The summed E-state index contributed by atoms with van der Waals surface area (Å²) in [5, 5.41) is 3.24. The van der Waals surface area contributed by atoms with Gasteiger partial charge in [0.1, 0.15) is 11.3 Å². The van der Waals surface area contributed by atoms with Gasteiger partial charge in [0.2, 0.25) is 0 Å². The first kappa shape index (κ1) is 14.5. The van der Waals surface area contributed by atoms with Gasteiger partial charge in [-0.05, 0) is 25.5 Å². The van der Waals surface area contributed by atoms with Gasteiger partial charge in [-0.15, -0.1) is 22.9 Å². The quantitative estimate of drug-likeness (QED) is 0.675. The number of halogens is 1. The molecular formula is C15H17ClN4S. The van der Waals surface area contributed by atoms with Crippen LogP contribution in [-0.2, 0) is 19.4 Å². The van der Waals surface area contributed by atoms with Crippen molar-refractivity contribution in [1.82, 2.24) is 19.5 Å². The summed E-state index contributed by atoms with van der Waals surface area (Å²) in [5.41, 5.74) is 4.16. The van der Waals surface area contributed by atoms with Crippen LogP contribution in [-0.4, -0.2) is 25.4 Å². The van der Waals surface area contributed by atoms with Crippen LogP contribution in [0.25, 0.3) is 11.2 Å². The van der Waals surface area contributed by atoms with Crippen molar-refractivity contribution in [2.75, 3.05) is 5.88 Å². The van der Waals surface area contributed by atoms with Crippen LogP contribution >= 0.6 is 22.9 Å². The molecule has 110 valence electrons. The van der Waals surface area contributed by atoms with Gasteiger partial charge in [0.25, 0.3) is 0 Å². The minimum absolute atomic E-state index is 0.568.